The van der Waals surface area contributed by atoms with Gasteiger partial charge >= 0.3 is 0 Å². The minimum atomic E-state index is -3.87. The number of aromatic nitrogens is 2. The van der Waals surface area contributed by atoms with Gasteiger partial charge in [-0.25, -0.2) is 13.4 Å². The molecule has 0 saturated heterocycles. The number of aryl methyl sites for hydroxylation is 1. The largest absolute Gasteiger partial charge is 0.363 e. The lowest BCUT2D eigenvalue weighted by Crippen LogP contribution is -2.45. The summed E-state index contributed by atoms with van der Waals surface area (Å²) in [6.45, 7) is 4.36. The summed E-state index contributed by atoms with van der Waals surface area (Å²) in [5.74, 6) is 0.241. The molecular weight excluding hydrogens is 566 g/mol. The van der Waals surface area contributed by atoms with Gasteiger partial charge in [0.2, 0.25) is 5.91 Å². The fourth-order valence-electron chi connectivity index (χ4n) is 4.39. The van der Waals surface area contributed by atoms with Crippen molar-refractivity contribution in [1.29, 1.82) is 0 Å². The van der Waals surface area contributed by atoms with Crippen molar-refractivity contribution in [3.05, 3.63) is 106 Å². The molecule has 3 aromatic heterocycles. The molecule has 1 aliphatic rings. The maximum Gasteiger partial charge on any atom is 0.253 e. The maximum absolute atomic E-state index is 13.2. The number of sulfonamides is 1. The van der Waals surface area contributed by atoms with E-state index < -0.39 is 22.0 Å². The van der Waals surface area contributed by atoms with Crippen LogP contribution in [0.1, 0.15) is 29.7 Å². The lowest BCUT2D eigenvalue weighted by Gasteiger charge is -2.22. The van der Waals surface area contributed by atoms with Crippen molar-refractivity contribution in [1.82, 2.24) is 19.6 Å². The Hall–Kier alpha value is -3.57. The van der Waals surface area contributed by atoms with Gasteiger partial charge in [-0.15, -0.1) is 11.3 Å². The highest BCUT2D eigenvalue weighted by atomic mass is 35.5. The summed E-state index contributed by atoms with van der Waals surface area (Å²) < 4.78 is 28.0. The number of anilines is 1. The summed E-state index contributed by atoms with van der Waals surface area (Å²) in [5, 5.41) is 6.35. The van der Waals surface area contributed by atoms with Crippen molar-refractivity contribution in [2.75, 3.05) is 11.9 Å². The average Bonchev–Trinajstić information content (AvgIpc) is 3.63. The minimum absolute atomic E-state index is 0.0509. The van der Waals surface area contributed by atoms with Crippen LogP contribution in [-0.2, 0) is 21.4 Å². The zero-order chi connectivity index (χ0) is 28.3. The van der Waals surface area contributed by atoms with E-state index in [-0.39, 0.29) is 23.3 Å². The van der Waals surface area contributed by atoms with Gasteiger partial charge in [0.25, 0.3) is 10.0 Å². The van der Waals surface area contributed by atoms with Crippen LogP contribution in [0.3, 0.4) is 0 Å². The highest BCUT2D eigenvalue weighted by Crippen LogP contribution is 2.31. The molecule has 0 radical (unpaired) electrons. The number of carbonyl (C=O) groups is 1. The van der Waals surface area contributed by atoms with E-state index in [1.54, 1.807) is 18.3 Å². The van der Waals surface area contributed by atoms with Crippen LogP contribution in [0.25, 0.3) is 11.3 Å². The summed E-state index contributed by atoms with van der Waals surface area (Å²) >= 11 is 6.93. The average molecular weight is 594 g/mol. The normalized spacial score (nSPS) is 16.1. The Morgan fingerprint density at radius 3 is 2.67 bits per heavy atom. The Balaban J connectivity index is 1.36. The molecule has 8 nitrogen and oxygen atoms in total. The topological polar surface area (TPSA) is 104 Å². The minimum Gasteiger partial charge on any atom is -0.363 e. The number of thiophene rings is 1. The van der Waals surface area contributed by atoms with Crippen molar-refractivity contribution in [2.45, 2.75) is 36.7 Å². The molecule has 4 aromatic rings. The second-order valence-corrected chi connectivity index (χ2v) is 13.3. The number of benzene rings is 1. The lowest BCUT2D eigenvalue weighted by atomic mass is 10.1. The van der Waals surface area contributed by atoms with Gasteiger partial charge in [0, 0.05) is 31.0 Å². The zero-order valence-corrected chi connectivity index (χ0v) is 24.3. The molecule has 40 heavy (non-hydrogen) atoms. The van der Waals surface area contributed by atoms with Crippen molar-refractivity contribution >= 4 is 44.7 Å². The van der Waals surface area contributed by atoms with Crippen LogP contribution in [0.4, 0.5) is 5.82 Å². The summed E-state index contributed by atoms with van der Waals surface area (Å²) in [6.07, 6.45) is 6.83. The van der Waals surface area contributed by atoms with E-state index in [0.29, 0.717) is 10.2 Å². The molecule has 1 aromatic carbocycles. The smallest absolute Gasteiger partial charge is 0.253 e. The third-order valence-corrected chi connectivity index (χ3v) is 10.1. The number of nitrogens with one attached hydrogen (secondary N) is 2. The van der Waals surface area contributed by atoms with Crippen LogP contribution in [0.15, 0.2) is 89.4 Å². The highest BCUT2D eigenvalue weighted by Gasteiger charge is 2.37. The van der Waals surface area contributed by atoms with E-state index in [1.807, 2.05) is 68.6 Å². The van der Waals surface area contributed by atoms with Crippen molar-refractivity contribution < 1.29 is 13.2 Å². The van der Waals surface area contributed by atoms with E-state index in [4.69, 9.17) is 16.6 Å². The Bertz CT molecular complexity index is 1640. The third-order valence-electron chi connectivity index (χ3n) is 6.54. The van der Waals surface area contributed by atoms with E-state index >= 15 is 0 Å². The quantitative estimate of drug-likeness (QED) is 0.245. The molecule has 4 heterocycles. The fraction of sp³-hybridized carbons (Fsp3) is 0.207. The number of halogens is 1. The number of hydrogen-bond acceptors (Lipinski definition) is 7. The highest BCUT2D eigenvalue weighted by molar-refractivity contribution is 7.91. The van der Waals surface area contributed by atoms with Gasteiger partial charge in [-0.05, 0) is 55.3 Å². The molecule has 0 bridgehead atoms. The van der Waals surface area contributed by atoms with Gasteiger partial charge in [-0.2, -0.15) is 4.31 Å². The van der Waals surface area contributed by atoms with E-state index in [2.05, 4.69) is 15.6 Å². The molecule has 11 heteroatoms. The molecule has 0 spiro atoms. The first kappa shape index (κ1) is 28.0. The number of hydrogen-bond donors (Lipinski definition) is 2. The zero-order valence-electron chi connectivity index (χ0n) is 21.9. The molecule has 1 unspecified atom stereocenters. The molecule has 1 aliphatic heterocycles. The summed E-state index contributed by atoms with van der Waals surface area (Å²) in [7, 11) is -3.87. The van der Waals surface area contributed by atoms with Crippen molar-refractivity contribution in [2.24, 2.45) is 0 Å². The summed E-state index contributed by atoms with van der Waals surface area (Å²) in [4.78, 5) is 22.3. The maximum atomic E-state index is 13.2. The summed E-state index contributed by atoms with van der Waals surface area (Å²) in [5.41, 5.74) is 4.68. The predicted octanol–water partition coefficient (Wildman–Crippen LogP) is 5.59. The molecule has 206 valence electrons. The standard InChI is InChI=1S/C29H28ClN5O3S2/c1-19-7-9-22(10-8-19)24-15-21(16-27(34-24)33-20(2)23-5-3-13-31-18-23)17-32-29(36)25-6-4-14-35(25)40(37,38)28-12-11-26(30)39-28/h3-13,15-16,18,20,25H,14,17H2,1-2H3,(H,32,36)(H,33,34)/t20?,25-/m0/s1. The number of pyridine rings is 2. The van der Waals surface area contributed by atoms with Gasteiger partial charge in [0.1, 0.15) is 16.1 Å². The van der Waals surface area contributed by atoms with Crippen LogP contribution in [0.5, 0.6) is 0 Å². The van der Waals surface area contributed by atoms with E-state index in [1.165, 1.54) is 16.4 Å². The predicted molar refractivity (Wildman–Crippen MR) is 159 cm³/mol. The number of amides is 1. The number of nitrogens with zero attached hydrogens (tertiary/aromatic N) is 3. The molecule has 0 aliphatic carbocycles. The molecular formula is C29H28ClN5O3S2. The molecule has 2 atom stereocenters. The first-order valence-corrected chi connectivity index (χ1v) is 15.3. The molecule has 2 N–H and O–H groups in total. The monoisotopic (exact) mass is 593 g/mol. The number of rotatable bonds is 9. The van der Waals surface area contributed by atoms with Crippen molar-refractivity contribution in [3.63, 3.8) is 0 Å². The fourth-order valence-corrected chi connectivity index (χ4v) is 7.50. The van der Waals surface area contributed by atoms with Crippen molar-refractivity contribution in [3.8, 4) is 11.3 Å². The Morgan fingerprint density at radius 2 is 1.98 bits per heavy atom. The van der Waals surface area contributed by atoms with Crippen LogP contribution in [0, 0.1) is 6.92 Å². The Kier molecular flexibility index (Phi) is 8.32. The van der Waals surface area contributed by atoms with Crippen LogP contribution >= 0.6 is 22.9 Å². The van der Waals surface area contributed by atoms with E-state index in [9.17, 15) is 13.2 Å². The second kappa shape index (κ2) is 11.9. The van der Waals surface area contributed by atoms with Crippen LogP contribution in [0.2, 0.25) is 4.34 Å². The van der Waals surface area contributed by atoms with Gasteiger partial charge in [-0.3, -0.25) is 9.78 Å². The molecule has 0 saturated carbocycles. The van der Waals surface area contributed by atoms with Crippen LogP contribution < -0.4 is 10.6 Å². The Morgan fingerprint density at radius 1 is 1.18 bits per heavy atom. The molecule has 1 amide bonds. The van der Waals surface area contributed by atoms with Gasteiger partial charge in [-0.1, -0.05) is 59.6 Å². The third kappa shape index (κ3) is 6.26. The summed E-state index contributed by atoms with van der Waals surface area (Å²) in [6, 6.07) is 17.8. The van der Waals surface area contributed by atoms with Gasteiger partial charge in [0.15, 0.2) is 0 Å². The van der Waals surface area contributed by atoms with Gasteiger partial charge < -0.3 is 10.6 Å². The number of carbonyl (C=O) groups excluding carboxylic acids is 1. The second-order valence-electron chi connectivity index (χ2n) is 9.49. The molecule has 0 fully saturated rings. The van der Waals surface area contributed by atoms with E-state index in [0.717, 1.165) is 39.3 Å². The Labute approximate surface area is 242 Å². The first-order chi connectivity index (χ1) is 19.2. The van der Waals surface area contributed by atoms with Gasteiger partial charge in [0.05, 0.1) is 16.1 Å². The lowest BCUT2D eigenvalue weighted by molar-refractivity contribution is -0.123. The van der Waals surface area contributed by atoms with Crippen LogP contribution in [-0.4, -0.2) is 41.2 Å². The first-order valence-electron chi connectivity index (χ1n) is 12.7. The SMILES string of the molecule is Cc1ccc(-c2cc(CNC(=O)[C@@H]3C=CCN3S(=O)(=O)c3ccc(Cl)s3)cc(NC(C)c3cccnc3)n2)cc1. The molecule has 5 rings (SSSR count).